The summed E-state index contributed by atoms with van der Waals surface area (Å²) < 4.78 is 10.8. The predicted molar refractivity (Wildman–Crippen MR) is 142 cm³/mol. The molecule has 0 saturated heterocycles. The van der Waals surface area contributed by atoms with E-state index in [4.69, 9.17) is 14.3 Å². The second-order valence-corrected chi connectivity index (χ2v) is 9.36. The van der Waals surface area contributed by atoms with Crippen molar-refractivity contribution in [3.05, 3.63) is 65.2 Å². The van der Waals surface area contributed by atoms with E-state index in [-0.39, 0.29) is 12.1 Å². The minimum absolute atomic E-state index is 0.145. The van der Waals surface area contributed by atoms with Crippen LogP contribution >= 0.6 is 0 Å². The summed E-state index contributed by atoms with van der Waals surface area (Å²) in [5.74, 6) is -0.439. The normalized spacial score (nSPS) is 14.7. The van der Waals surface area contributed by atoms with Gasteiger partial charge < -0.3 is 14.3 Å². The van der Waals surface area contributed by atoms with Crippen molar-refractivity contribution >= 4 is 17.7 Å². The van der Waals surface area contributed by atoms with E-state index in [1.54, 1.807) is 36.4 Å². The van der Waals surface area contributed by atoms with Crippen LogP contribution in [0.25, 0.3) is 0 Å². The number of hydrogen-bond acceptors (Lipinski definition) is 6. The van der Waals surface area contributed by atoms with Gasteiger partial charge in [-0.05, 0) is 61.2 Å². The number of unbranched alkanes of at least 4 members (excludes halogenated alkanes) is 7. The summed E-state index contributed by atoms with van der Waals surface area (Å²) in [4.78, 5) is 30.3. The molecule has 36 heavy (non-hydrogen) atoms. The standard InChI is InChI=1S/C30H39NO5/c1-3-5-7-8-9-11-21-34-29(32)24-17-19-26(20-18-24)35-30(33)25-15-13-23(14-16-25)28-22-27(36-31-28)12-10-6-4-2/h13-20,27H,3-12,21-22H2,1-2H3. The Labute approximate surface area is 215 Å². The van der Waals surface area contributed by atoms with E-state index in [1.807, 2.05) is 12.1 Å². The lowest BCUT2D eigenvalue weighted by Crippen LogP contribution is -2.10. The minimum atomic E-state index is -0.456. The predicted octanol–water partition coefficient (Wildman–Crippen LogP) is 7.50. The quantitative estimate of drug-likeness (QED) is 0.146. The zero-order valence-corrected chi connectivity index (χ0v) is 21.7. The van der Waals surface area contributed by atoms with Gasteiger partial charge in [-0.15, -0.1) is 0 Å². The van der Waals surface area contributed by atoms with Gasteiger partial charge in [-0.1, -0.05) is 76.1 Å². The Hall–Kier alpha value is -3.15. The van der Waals surface area contributed by atoms with Crippen LogP contribution in [0.5, 0.6) is 5.75 Å². The molecule has 1 aliphatic heterocycles. The van der Waals surface area contributed by atoms with Gasteiger partial charge in [0.05, 0.1) is 23.4 Å². The molecular weight excluding hydrogens is 454 g/mol. The number of benzene rings is 2. The fraction of sp³-hybridized carbons (Fsp3) is 0.500. The number of rotatable bonds is 15. The Bertz CT molecular complexity index is 981. The third-order valence-corrected chi connectivity index (χ3v) is 6.35. The summed E-state index contributed by atoms with van der Waals surface area (Å²) in [6.45, 7) is 4.81. The van der Waals surface area contributed by atoms with Crippen LogP contribution < -0.4 is 4.74 Å². The highest BCUT2D eigenvalue weighted by atomic mass is 16.6. The van der Waals surface area contributed by atoms with Crippen LogP contribution in [0.15, 0.2) is 53.7 Å². The molecule has 0 amide bonds. The number of nitrogens with zero attached hydrogens (tertiary/aromatic N) is 1. The highest BCUT2D eigenvalue weighted by molar-refractivity contribution is 6.02. The van der Waals surface area contributed by atoms with Gasteiger partial charge in [-0.3, -0.25) is 0 Å². The fourth-order valence-electron chi connectivity index (χ4n) is 4.13. The van der Waals surface area contributed by atoms with E-state index in [2.05, 4.69) is 19.0 Å². The molecule has 0 bridgehead atoms. The maximum absolute atomic E-state index is 12.6. The van der Waals surface area contributed by atoms with E-state index >= 15 is 0 Å². The molecule has 1 aliphatic rings. The van der Waals surface area contributed by atoms with Crippen LogP contribution in [-0.2, 0) is 9.57 Å². The Morgan fingerprint density at radius 1 is 0.806 bits per heavy atom. The second-order valence-electron chi connectivity index (χ2n) is 9.36. The molecule has 1 heterocycles. The zero-order chi connectivity index (χ0) is 25.6. The molecule has 0 radical (unpaired) electrons. The van der Waals surface area contributed by atoms with Gasteiger partial charge in [0, 0.05) is 6.42 Å². The Morgan fingerprint density at radius 3 is 2.14 bits per heavy atom. The Morgan fingerprint density at radius 2 is 1.42 bits per heavy atom. The molecule has 6 nitrogen and oxygen atoms in total. The first kappa shape index (κ1) is 27.4. The minimum Gasteiger partial charge on any atom is -0.462 e. The Kier molecular flexibility index (Phi) is 11.5. The van der Waals surface area contributed by atoms with Crippen molar-refractivity contribution in [2.24, 2.45) is 5.16 Å². The SMILES string of the molecule is CCCCCCCCOC(=O)c1ccc(OC(=O)c2ccc(C3=NOC(CCCCC)C3)cc2)cc1. The van der Waals surface area contributed by atoms with Crippen molar-refractivity contribution in [3.8, 4) is 5.75 Å². The third kappa shape index (κ3) is 8.81. The van der Waals surface area contributed by atoms with Crippen molar-refractivity contribution in [3.63, 3.8) is 0 Å². The van der Waals surface area contributed by atoms with E-state index in [0.29, 0.717) is 23.5 Å². The molecule has 2 aromatic rings. The molecule has 2 aromatic carbocycles. The van der Waals surface area contributed by atoms with E-state index < -0.39 is 5.97 Å². The summed E-state index contributed by atoms with van der Waals surface area (Å²) >= 11 is 0. The van der Waals surface area contributed by atoms with E-state index in [1.165, 1.54) is 38.5 Å². The number of carbonyl (C=O) groups excluding carboxylic acids is 2. The maximum atomic E-state index is 12.6. The molecule has 3 rings (SSSR count). The highest BCUT2D eigenvalue weighted by Crippen LogP contribution is 2.22. The van der Waals surface area contributed by atoms with Gasteiger partial charge in [0.1, 0.15) is 11.9 Å². The monoisotopic (exact) mass is 493 g/mol. The van der Waals surface area contributed by atoms with Gasteiger partial charge in [-0.25, -0.2) is 9.59 Å². The van der Waals surface area contributed by atoms with Crippen molar-refractivity contribution in [1.29, 1.82) is 0 Å². The molecule has 1 unspecified atom stereocenters. The van der Waals surface area contributed by atoms with Gasteiger partial charge in [0.2, 0.25) is 0 Å². The third-order valence-electron chi connectivity index (χ3n) is 6.35. The number of esters is 2. The summed E-state index contributed by atoms with van der Waals surface area (Å²) in [5, 5.41) is 4.23. The number of hydrogen-bond donors (Lipinski definition) is 0. The lowest BCUT2D eigenvalue weighted by Gasteiger charge is -2.08. The molecule has 0 aliphatic carbocycles. The smallest absolute Gasteiger partial charge is 0.343 e. The lowest BCUT2D eigenvalue weighted by molar-refractivity contribution is 0.0497. The van der Waals surface area contributed by atoms with Gasteiger partial charge in [-0.2, -0.15) is 0 Å². The van der Waals surface area contributed by atoms with Crippen LogP contribution in [0.4, 0.5) is 0 Å². The molecule has 0 saturated carbocycles. The van der Waals surface area contributed by atoms with Gasteiger partial charge >= 0.3 is 11.9 Å². The zero-order valence-electron chi connectivity index (χ0n) is 21.7. The summed E-state index contributed by atoms with van der Waals surface area (Å²) in [6.07, 6.45) is 12.3. The average molecular weight is 494 g/mol. The molecule has 0 aromatic heterocycles. The summed E-state index contributed by atoms with van der Waals surface area (Å²) in [7, 11) is 0. The number of ether oxygens (including phenoxy) is 2. The molecule has 0 spiro atoms. The molecule has 0 N–H and O–H groups in total. The van der Waals surface area contributed by atoms with Crippen molar-refractivity contribution in [1.82, 2.24) is 0 Å². The summed E-state index contributed by atoms with van der Waals surface area (Å²) in [6, 6.07) is 13.7. The first-order valence-electron chi connectivity index (χ1n) is 13.4. The fourth-order valence-corrected chi connectivity index (χ4v) is 4.13. The second kappa shape index (κ2) is 15.1. The summed E-state index contributed by atoms with van der Waals surface area (Å²) in [5.41, 5.74) is 2.75. The molecule has 0 fully saturated rings. The van der Waals surface area contributed by atoms with Crippen LogP contribution in [0.3, 0.4) is 0 Å². The van der Waals surface area contributed by atoms with Gasteiger partial charge in [0.15, 0.2) is 0 Å². The van der Waals surface area contributed by atoms with Crippen LogP contribution in [-0.4, -0.2) is 30.4 Å². The van der Waals surface area contributed by atoms with Crippen LogP contribution in [0, 0.1) is 0 Å². The van der Waals surface area contributed by atoms with Crippen molar-refractivity contribution in [2.75, 3.05) is 6.61 Å². The average Bonchev–Trinajstić information content (AvgIpc) is 3.37. The van der Waals surface area contributed by atoms with Crippen LogP contribution in [0.1, 0.15) is 111 Å². The largest absolute Gasteiger partial charge is 0.462 e. The van der Waals surface area contributed by atoms with Crippen molar-refractivity contribution in [2.45, 2.75) is 90.6 Å². The van der Waals surface area contributed by atoms with Crippen LogP contribution in [0.2, 0.25) is 0 Å². The number of oxime groups is 1. The molecule has 1 atom stereocenters. The Balaban J connectivity index is 1.42. The van der Waals surface area contributed by atoms with E-state index in [0.717, 1.165) is 43.4 Å². The first-order chi connectivity index (χ1) is 17.6. The topological polar surface area (TPSA) is 74.2 Å². The molecular formula is C30H39NO5. The lowest BCUT2D eigenvalue weighted by atomic mass is 10.0. The first-order valence-corrected chi connectivity index (χ1v) is 13.4. The van der Waals surface area contributed by atoms with E-state index in [9.17, 15) is 9.59 Å². The highest BCUT2D eigenvalue weighted by Gasteiger charge is 2.22. The molecule has 194 valence electrons. The van der Waals surface area contributed by atoms with Crippen molar-refractivity contribution < 1.29 is 23.9 Å². The van der Waals surface area contributed by atoms with Gasteiger partial charge in [0.25, 0.3) is 0 Å². The number of carbonyl (C=O) groups is 2. The maximum Gasteiger partial charge on any atom is 0.343 e. The molecule has 6 heteroatoms.